The summed E-state index contributed by atoms with van der Waals surface area (Å²) >= 11 is 0. The summed E-state index contributed by atoms with van der Waals surface area (Å²) in [5.74, 6) is 0.925. The Balaban J connectivity index is 1.75. The first-order chi connectivity index (χ1) is 12.1. The van der Waals surface area contributed by atoms with Gasteiger partial charge in [-0.25, -0.2) is 0 Å². The minimum absolute atomic E-state index is 0.137. The van der Waals surface area contributed by atoms with Gasteiger partial charge < -0.3 is 19.1 Å². The maximum atomic E-state index is 11.2. The molecular formula is C20H25N2O3+. The van der Waals surface area contributed by atoms with E-state index in [1.165, 1.54) is 11.1 Å². The number of carbonyl (C=O) groups excluding carboxylic acids is 1. The highest BCUT2D eigenvalue weighted by molar-refractivity contribution is 5.61. The third-order valence-electron chi connectivity index (χ3n) is 7.50. The lowest BCUT2D eigenvalue weighted by atomic mass is 9.52. The van der Waals surface area contributed by atoms with E-state index in [1.54, 1.807) is 6.07 Å². The van der Waals surface area contributed by atoms with Gasteiger partial charge in [0.05, 0.1) is 24.0 Å². The number of aldehydes is 1. The summed E-state index contributed by atoms with van der Waals surface area (Å²) in [6.07, 6.45) is 6.45. The molecule has 4 aliphatic rings. The third-order valence-corrected chi connectivity index (χ3v) is 7.50. The van der Waals surface area contributed by atoms with Crippen molar-refractivity contribution >= 4 is 6.29 Å². The van der Waals surface area contributed by atoms with Crippen molar-refractivity contribution < 1.29 is 19.1 Å². The quantitative estimate of drug-likeness (QED) is 0.486. The van der Waals surface area contributed by atoms with Crippen LogP contribution in [0.5, 0.6) is 11.5 Å². The molecule has 0 aromatic heterocycles. The van der Waals surface area contributed by atoms with E-state index in [2.05, 4.69) is 18.0 Å². The van der Waals surface area contributed by atoms with Gasteiger partial charge in [-0.1, -0.05) is 12.6 Å². The first-order valence-corrected chi connectivity index (χ1v) is 9.26. The van der Waals surface area contributed by atoms with Gasteiger partial charge in [-0.2, -0.15) is 0 Å². The number of phenols is 1. The zero-order valence-electron chi connectivity index (χ0n) is 14.5. The molecule has 2 saturated heterocycles. The summed E-state index contributed by atoms with van der Waals surface area (Å²) in [7, 11) is 0. The van der Waals surface area contributed by atoms with E-state index in [9.17, 15) is 9.90 Å². The van der Waals surface area contributed by atoms with E-state index >= 15 is 0 Å². The number of nitrogens with zero attached hydrogens (tertiary/aromatic N) is 1. The summed E-state index contributed by atoms with van der Waals surface area (Å²) < 4.78 is 7.09. The molecule has 0 amide bonds. The second-order valence-corrected chi connectivity index (χ2v) is 8.21. The standard InChI is InChI=1S/C20H24N2O3/c1-2-8-22-9-7-19-12-25-18-15(24)5-4-14(17(18)19)11-16(22)20(19,21-13-22)6-3-10-23/h2,4-5,10,16,21H,1,3,6-9,11-13H2/p+1. The molecule has 0 radical (unpaired) electrons. The van der Waals surface area contributed by atoms with Crippen molar-refractivity contribution in [2.45, 2.75) is 42.7 Å². The average molecular weight is 341 g/mol. The van der Waals surface area contributed by atoms with Gasteiger partial charge >= 0.3 is 0 Å². The Morgan fingerprint density at radius 1 is 1.48 bits per heavy atom. The number of aromatic hydroxyl groups is 1. The fourth-order valence-corrected chi connectivity index (χ4v) is 6.52. The van der Waals surface area contributed by atoms with Gasteiger partial charge in [-0.15, -0.1) is 0 Å². The van der Waals surface area contributed by atoms with Crippen LogP contribution in [0.3, 0.4) is 0 Å². The summed E-state index contributed by atoms with van der Waals surface area (Å²) in [6.45, 7) is 7.57. The molecule has 3 heterocycles. The van der Waals surface area contributed by atoms with Crippen molar-refractivity contribution in [2.75, 3.05) is 26.4 Å². The maximum Gasteiger partial charge on any atom is 0.165 e. The van der Waals surface area contributed by atoms with Crippen LogP contribution in [0.2, 0.25) is 0 Å². The Kier molecular flexibility index (Phi) is 3.00. The normalized spacial score (nSPS) is 39.6. The van der Waals surface area contributed by atoms with Gasteiger partial charge in [0.25, 0.3) is 0 Å². The number of quaternary nitrogens is 1. The maximum absolute atomic E-state index is 11.2. The first-order valence-electron chi connectivity index (χ1n) is 9.26. The van der Waals surface area contributed by atoms with Gasteiger partial charge in [0, 0.05) is 24.8 Å². The highest BCUT2D eigenvalue weighted by Crippen LogP contribution is 2.63. The molecule has 5 heteroatoms. The third kappa shape index (κ3) is 1.59. The number of piperidine rings is 1. The van der Waals surface area contributed by atoms with Gasteiger partial charge in [-0.3, -0.25) is 5.32 Å². The van der Waals surface area contributed by atoms with Crippen LogP contribution >= 0.6 is 0 Å². The number of ether oxygens (including phenoxy) is 1. The number of hydrogen-bond donors (Lipinski definition) is 2. The topological polar surface area (TPSA) is 58.6 Å². The first kappa shape index (κ1) is 15.4. The van der Waals surface area contributed by atoms with Crippen molar-refractivity contribution in [1.82, 2.24) is 5.32 Å². The Hall–Kier alpha value is -1.85. The molecule has 4 bridgehead atoms. The van der Waals surface area contributed by atoms with Crippen molar-refractivity contribution in [3.8, 4) is 11.5 Å². The number of hydrogen-bond acceptors (Lipinski definition) is 4. The van der Waals surface area contributed by atoms with Crippen LogP contribution in [-0.2, 0) is 16.6 Å². The number of nitrogens with one attached hydrogen (secondary N) is 1. The number of phenolic OH excluding ortho intramolecular Hbond substituents is 1. The van der Waals surface area contributed by atoms with Crippen molar-refractivity contribution in [3.63, 3.8) is 0 Å². The van der Waals surface area contributed by atoms with E-state index in [4.69, 9.17) is 4.74 Å². The predicted molar refractivity (Wildman–Crippen MR) is 93.6 cm³/mol. The Morgan fingerprint density at radius 2 is 2.36 bits per heavy atom. The molecule has 25 heavy (non-hydrogen) atoms. The lowest BCUT2D eigenvalue weighted by Gasteiger charge is -2.58. The van der Waals surface area contributed by atoms with E-state index in [1.807, 2.05) is 6.08 Å². The molecule has 132 valence electrons. The van der Waals surface area contributed by atoms with Crippen LogP contribution in [0.25, 0.3) is 0 Å². The number of rotatable bonds is 5. The van der Waals surface area contributed by atoms with Crippen molar-refractivity contribution in [3.05, 3.63) is 35.9 Å². The minimum Gasteiger partial charge on any atom is -0.504 e. The summed E-state index contributed by atoms with van der Waals surface area (Å²) in [4.78, 5) is 11.2. The molecule has 1 aromatic rings. The molecule has 5 rings (SSSR count). The van der Waals surface area contributed by atoms with Crippen molar-refractivity contribution in [2.24, 2.45) is 0 Å². The van der Waals surface area contributed by atoms with Crippen LogP contribution in [0.4, 0.5) is 0 Å². The molecule has 0 saturated carbocycles. The monoisotopic (exact) mass is 341 g/mol. The fourth-order valence-electron chi connectivity index (χ4n) is 6.52. The number of carbonyl (C=O) groups is 1. The second kappa shape index (κ2) is 4.86. The average Bonchev–Trinajstić information content (AvgIpc) is 3.10. The van der Waals surface area contributed by atoms with Crippen LogP contribution in [0.15, 0.2) is 24.8 Å². The van der Waals surface area contributed by atoms with Crippen molar-refractivity contribution in [1.29, 1.82) is 0 Å². The smallest absolute Gasteiger partial charge is 0.165 e. The van der Waals surface area contributed by atoms with Gasteiger partial charge in [0.15, 0.2) is 11.5 Å². The van der Waals surface area contributed by atoms with Crippen LogP contribution < -0.4 is 10.1 Å². The van der Waals surface area contributed by atoms with E-state index in [0.29, 0.717) is 24.8 Å². The summed E-state index contributed by atoms with van der Waals surface area (Å²) in [5.41, 5.74) is 2.25. The predicted octanol–water partition coefficient (Wildman–Crippen LogP) is 1.63. The van der Waals surface area contributed by atoms with Crippen LogP contribution in [0.1, 0.15) is 30.4 Å². The number of benzene rings is 1. The van der Waals surface area contributed by atoms with E-state index in [0.717, 1.165) is 49.8 Å². The molecular weight excluding hydrogens is 316 g/mol. The molecule has 5 nitrogen and oxygen atoms in total. The molecule has 1 spiro atoms. The highest BCUT2D eigenvalue weighted by Gasteiger charge is 2.74. The molecule has 4 unspecified atom stereocenters. The minimum atomic E-state index is -0.138. The Morgan fingerprint density at radius 3 is 3.16 bits per heavy atom. The van der Waals surface area contributed by atoms with Gasteiger partial charge in [0.2, 0.25) is 0 Å². The zero-order valence-corrected chi connectivity index (χ0v) is 14.5. The van der Waals surface area contributed by atoms with Gasteiger partial charge in [-0.05, 0) is 24.1 Å². The Labute approximate surface area is 147 Å². The lowest BCUT2D eigenvalue weighted by molar-refractivity contribution is -0.942. The van der Waals surface area contributed by atoms with Gasteiger partial charge in [0.1, 0.15) is 25.6 Å². The molecule has 2 fully saturated rings. The molecule has 1 aromatic carbocycles. The SMILES string of the molecule is C=CC[N+]12CCC34COc5c(O)ccc(c53)CC1C4(CCC=O)NC2. The summed E-state index contributed by atoms with van der Waals surface area (Å²) in [5, 5.41) is 14.2. The fraction of sp³-hybridized carbons (Fsp3) is 0.550. The van der Waals surface area contributed by atoms with E-state index in [-0.39, 0.29) is 16.7 Å². The Bertz CT molecular complexity index is 778. The summed E-state index contributed by atoms with van der Waals surface area (Å²) in [6, 6.07) is 4.27. The van der Waals surface area contributed by atoms with Crippen LogP contribution in [0, 0.1) is 0 Å². The lowest BCUT2D eigenvalue weighted by Crippen LogP contribution is -2.74. The second-order valence-electron chi connectivity index (χ2n) is 8.21. The van der Waals surface area contributed by atoms with E-state index < -0.39 is 0 Å². The molecule has 1 aliphatic carbocycles. The highest BCUT2D eigenvalue weighted by atomic mass is 16.5. The largest absolute Gasteiger partial charge is 0.504 e. The zero-order chi connectivity index (χ0) is 17.3. The van der Waals surface area contributed by atoms with Crippen LogP contribution in [-0.4, -0.2) is 53.8 Å². The molecule has 3 aliphatic heterocycles. The molecule has 4 atom stereocenters. The molecule has 2 N–H and O–H groups in total.